The van der Waals surface area contributed by atoms with Crippen LogP contribution in [0.1, 0.15) is 16.1 Å². The zero-order valence-electron chi connectivity index (χ0n) is 8.53. The summed E-state index contributed by atoms with van der Waals surface area (Å²) in [4.78, 5) is 15.7. The topological polar surface area (TPSA) is 55.1 Å². The summed E-state index contributed by atoms with van der Waals surface area (Å²) >= 11 is 5.68. The first-order valence-electron chi connectivity index (χ1n) is 4.64. The highest BCUT2D eigenvalue weighted by molar-refractivity contribution is 6.30. The Hall–Kier alpha value is -1.81. The molecule has 4 nitrogen and oxygen atoms in total. The third-order valence-electron chi connectivity index (χ3n) is 2.04. The van der Waals surface area contributed by atoms with E-state index in [2.05, 4.69) is 10.3 Å². The van der Waals surface area contributed by atoms with Crippen molar-refractivity contribution >= 4 is 23.3 Å². The van der Waals surface area contributed by atoms with Crippen LogP contribution in [0, 0.1) is 6.92 Å². The lowest BCUT2D eigenvalue weighted by Crippen LogP contribution is -2.12. The van der Waals surface area contributed by atoms with E-state index in [9.17, 15) is 4.79 Å². The van der Waals surface area contributed by atoms with Crippen molar-refractivity contribution in [3.05, 3.63) is 47.0 Å². The van der Waals surface area contributed by atoms with Gasteiger partial charge in [0.25, 0.3) is 5.91 Å². The van der Waals surface area contributed by atoms with E-state index >= 15 is 0 Å². The number of carbonyl (C=O) groups is 1. The largest absolute Gasteiger partial charge is 0.459 e. The average molecular weight is 237 g/mol. The highest BCUT2D eigenvalue weighted by atomic mass is 35.5. The molecule has 1 N–H and O–H groups in total. The minimum Gasteiger partial charge on any atom is -0.459 e. The van der Waals surface area contributed by atoms with Gasteiger partial charge in [0, 0.05) is 11.8 Å². The zero-order valence-corrected chi connectivity index (χ0v) is 9.28. The van der Waals surface area contributed by atoms with Crippen molar-refractivity contribution in [2.24, 2.45) is 0 Å². The zero-order chi connectivity index (χ0) is 11.5. The van der Waals surface area contributed by atoms with Crippen molar-refractivity contribution in [1.29, 1.82) is 0 Å². The van der Waals surface area contributed by atoms with Gasteiger partial charge in [-0.2, -0.15) is 0 Å². The molecule has 16 heavy (non-hydrogen) atoms. The molecule has 1 amide bonds. The van der Waals surface area contributed by atoms with Crippen LogP contribution in [-0.4, -0.2) is 10.9 Å². The second kappa shape index (κ2) is 4.37. The molecular weight excluding hydrogens is 228 g/mol. The maximum atomic E-state index is 11.7. The Morgan fingerprint density at radius 1 is 1.44 bits per heavy atom. The molecule has 2 aromatic heterocycles. The Kier molecular flexibility index (Phi) is 2.92. The number of hydrogen-bond acceptors (Lipinski definition) is 3. The third-order valence-corrected chi connectivity index (χ3v) is 2.26. The molecule has 0 aliphatic heterocycles. The summed E-state index contributed by atoms with van der Waals surface area (Å²) in [5.41, 5.74) is 0.784. The van der Waals surface area contributed by atoms with Crippen LogP contribution in [0.15, 0.2) is 35.1 Å². The number of hydrogen-bond donors (Lipinski definition) is 1. The molecule has 0 radical (unpaired) electrons. The number of nitrogens with one attached hydrogen (secondary N) is 1. The lowest BCUT2D eigenvalue weighted by Gasteiger charge is -2.02. The highest BCUT2D eigenvalue weighted by Crippen LogP contribution is 2.13. The first-order chi connectivity index (χ1) is 7.66. The van der Waals surface area contributed by atoms with Gasteiger partial charge in [0.15, 0.2) is 5.76 Å². The molecule has 5 heteroatoms. The summed E-state index contributed by atoms with van der Waals surface area (Å²) in [6.45, 7) is 1.80. The van der Waals surface area contributed by atoms with Gasteiger partial charge >= 0.3 is 0 Å². The van der Waals surface area contributed by atoms with E-state index in [1.807, 2.05) is 0 Å². The molecule has 0 aliphatic rings. The Morgan fingerprint density at radius 3 is 2.81 bits per heavy atom. The molecule has 2 heterocycles. The standard InChI is InChI=1S/C11H9ClN2O2/c1-7-4-5-16-10(7)11(15)14-9-3-2-8(12)6-13-9/h2-6H,1H3,(H,13,14,15). The quantitative estimate of drug-likeness (QED) is 0.872. The fraction of sp³-hybridized carbons (Fsp3) is 0.0909. The molecule has 0 fully saturated rings. The van der Waals surface area contributed by atoms with Crippen LogP contribution in [0.2, 0.25) is 5.02 Å². The lowest BCUT2D eigenvalue weighted by molar-refractivity contribution is 0.0995. The summed E-state index contributed by atoms with van der Waals surface area (Å²) in [5, 5.41) is 3.13. The number of rotatable bonds is 2. The molecule has 0 spiro atoms. The number of anilines is 1. The number of pyridine rings is 1. The van der Waals surface area contributed by atoms with Crippen LogP contribution in [0.3, 0.4) is 0 Å². The fourth-order valence-electron chi connectivity index (χ4n) is 1.23. The van der Waals surface area contributed by atoms with Crippen LogP contribution >= 0.6 is 11.6 Å². The molecule has 82 valence electrons. The molecule has 0 bridgehead atoms. The fourth-order valence-corrected chi connectivity index (χ4v) is 1.34. The summed E-state index contributed by atoms with van der Waals surface area (Å²) in [5.74, 6) is 0.402. The number of nitrogens with zero attached hydrogens (tertiary/aromatic N) is 1. The number of aryl methyl sites for hydroxylation is 1. The average Bonchev–Trinajstić information content (AvgIpc) is 2.68. The Morgan fingerprint density at radius 2 is 2.25 bits per heavy atom. The molecule has 0 atom stereocenters. The van der Waals surface area contributed by atoms with Crippen molar-refractivity contribution in [3.63, 3.8) is 0 Å². The van der Waals surface area contributed by atoms with Crippen LogP contribution < -0.4 is 5.32 Å². The van der Waals surface area contributed by atoms with E-state index in [1.54, 1.807) is 25.1 Å². The van der Waals surface area contributed by atoms with Gasteiger partial charge < -0.3 is 9.73 Å². The summed E-state index contributed by atoms with van der Waals surface area (Å²) in [6.07, 6.45) is 2.94. The monoisotopic (exact) mass is 236 g/mol. The van der Waals surface area contributed by atoms with Crippen molar-refractivity contribution < 1.29 is 9.21 Å². The predicted molar refractivity (Wildman–Crippen MR) is 60.6 cm³/mol. The van der Waals surface area contributed by atoms with Gasteiger partial charge in [-0.15, -0.1) is 0 Å². The second-order valence-corrected chi connectivity index (χ2v) is 3.68. The van der Waals surface area contributed by atoms with Gasteiger partial charge in [-0.1, -0.05) is 11.6 Å². The molecule has 2 aromatic rings. The Bertz CT molecular complexity index is 505. The highest BCUT2D eigenvalue weighted by Gasteiger charge is 2.12. The number of amides is 1. The van der Waals surface area contributed by atoms with Gasteiger partial charge in [0.2, 0.25) is 0 Å². The maximum Gasteiger partial charge on any atom is 0.292 e. The van der Waals surface area contributed by atoms with Gasteiger partial charge in [0.05, 0.1) is 11.3 Å². The SMILES string of the molecule is Cc1ccoc1C(=O)Nc1ccc(Cl)cn1. The molecule has 0 saturated heterocycles. The van der Waals surface area contributed by atoms with E-state index in [1.165, 1.54) is 12.5 Å². The number of carbonyl (C=O) groups excluding carboxylic acids is 1. The lowest BCUT2D eigenvalue weighted by atomic mass is 10.3. The first kappa shape index (κ1) is 10.7. The van der Waals surface area contributed by atoms with Crippen LogP contribution in [-0.2, 0) is 0 Å². The Balaban J connectivity index is 2.14. The van der Waals surface area contributed by atoms with Crippen molar-refractivity contribution in [3.8, 4) is 0 Å². The Labute approximate surface area is 97.2 Å². The van der Waals surface area contributed by atoms with Crippen LogP contribution in [0.5, 0.6) is 0 Å². The van der Waals surface area contributed by atoms with E-state index in [-0.39, 0.29) is 11.7 Å². The minimum atomic E-state index is -0.322. The van der Waals surface area contributed by atoms with Crippen molar-refractivity contribution in [2.75, 3.05) is 5.32 Å². The van der Waals surface area contributed by atoms with Gasteiger partial charge in [-0.25, -0.2) is 4.98 Å². The van der Waals surface area contributed by atoms with Crippen LogP contribution in [0.4, 0.5) is 5.82 Å². The summed E-state index contributed by atoms with van der Waals surface area (Å²) < 4.78 is 5.06. The van der Waals surface area contributed by atoms with E-state index in [0.717, 1.165) is 5.56 Å². The molecule has 0 unspecified atom stereocenters. The minimum absolute atomic E-state index is 0.289. The van der Waals surface area contributed by atoms with Gasteiger partial charge in [0.1, 0.15) is 5.82 Å². The maximum absolute atomic E-state index is 11.7. The van der Waals surface area contributed by atoms with E-state index < -0.39 is 0 Å². The molecule has 2 rings (SSSR count). The van der Waals surface area contributed by atoms with Crippen molar-refractivity contribution in [1.82, 2.24) is 4.98 Å². The van der Waals surface area contributed by atoms with Gasteiger partial charge in [-0.3, -0.25) is 4.79 Å². The number of aromatic nitrogens is 1. The molecule has 0 aromatic carbocycles. The smallest absolute Gasteiger partial charge is 0.292 e. The molecule has 0 saturated carbocycles. The van der Waals surface area contributed by atoms with Crippen molar-refractivity contribution in [2.45, 2.75) is 6.92 Å². The third kappa shape index (κ3) is 2.23. The molecule has 0 aliphatic carbocycles. The summed E-state index contributed by atoms with van der Waals surface area (Å²) in [6, 6.07) is 5.00. The predicted octanol–water partition coefficient (Wildman–Crippen LogP) is 2.89. The second-order valence-electron chi connectivity index (χ2n) is 3.25. The number of furan rings is 1. The normalized spacial score (nSPS) is 10.1. The van der Waals surface area contributed by atoms with E-state index in [4.69, 9.17) is 16.0 Å². The molecular formula is C11H9ClN2O2. The first-order valence-corrected chi connectivity index (χ1v) is 5.01. The number of halogens is 1. The van der Waals surface area contributed by atoms with E-state index in [0.29, 0.717) is 10.8 Å². The van der Waals surface area contributed by atoms with Crippen LogP contribution in [0.25, 0.3) is 0 Å². The summed E-state index contributed by atoms with van der Waals surface area (Å²) in [7, 11) is 0. The van der Waals surface area contributed by atoms with Gasteiger partial charge in [-0.05, 0) is 25.1 Å².